The van der Waals surface area contributed by atoms with Crippen molar-refractivity contribution in [3.05, 3.63) is 76.5 Å². The summed E-state index contributed by atoms with van der Waals surface area (Å²) in [5.74, 6) is 1.93. The first-order chi connectivity index (χ1) is 14.1. The molecule has 0 aliphatic heterocycles. The number of hydrogen-bond donors (Lipinski definition) is 2. The summed E-state index contributed by atoms with van der Waals surface area (Å²) >= 11 is 1.71. The van der Waals surface area contributed by atoms with Crippen molar-refractivity contribution in [1.82, 2.24) is 4.98 Å². The van der Waals surface area contributed by atoms with Gasteiger partial charge in [-0.1, -0.05) is 29.8 Å². The standard InChI is InChI=1S/C24H24N2O2S/c1-3-5-9-19(4-2)29-20-10-11-21-17(14-20)7-6-8-18(21)15-26-23-16-25-13-12-22(23)24(27)28/h1,4-5,9-14,16,18,26H,6-8,15H2,2H3,(H,27,28)/b9-5-,19-4+. The minimum absolute atomic E-state index is 0.252. The van der Waals surface area contributed by atoms with Gasteiger partial charge in [0.25, 0.3) is 0 Å². The molecule has 0 amide bonds. The Kier molecular flexibility index (Phi) is 7.15. The molecule has 0 bridgehead atoms. The Bertz CT molecular complexity index is 989. The molecule has 1 aromatic carbocycles. The van der Waals surface area contributed by atoms with Crippen LogP contribution in [0.1, 0.15) is 47.2 Å². The van der Waals surface area contributed by atoms with Crippen molar-refractivity contribution in [3.63, 3.8) is 0 Å². The molecule has 1 atom stereocenters. The Morgan fingerprint density at radius 3 is 3.07 bits per heavy atom. The third-order valence-corrected chi connectivity index (χ3v) is 6.10. The summed E-state index contributed by atoms with van der Waals surface area (Å²) in [7, 11) is 0. The van der Waals surface area contributed by atoms with E-state index in [1.54, 1.807) is 24.0 Å². The molecule has 5 heteroatoms. The van der Waals surface area contributed by atoms with Gasteiger partial charge in [0.15, 0.2) is 0 Å². The normalized spacial score (nSPS) is 16.3. The van der Waals surface area contributed by atoms with Crippen molar-refractivity contribution in [2.24, 2.45) is 0 Å². The average Bonchev–Trinajstić information content (AvgIpc) is 2.75. The number of anilines is 1. The molecule has 29 heavy (non-hydrogen) atoms. The number of nitrogens with zero attached hydrogens (tertiary/aromatic N) is 1. The van der Waals surface area contributed by atoms with E-state index >= 15 is 0 Å². The maximum atomic E-state index is 11.4. The number of carboxylic acid groups (broad SMARTS) is 1. The largest absolute Gasteiger partial charge is 0.478 e. The molecule has 1 aliphatic carbocycles. The van der Waals surface area contributed by atoms with Crippen LogP contribution in [0.2, 0.25) is 0 Å². The second-order valence-corrected chi connectivity index (χ2v) is 8.00. The number of aryl methyl sites for hydroxylation is 1. The van der Waals surface area contributed by atoms with Crippen LogP contribution in [0.15, 0.2) is 64.7 Å². The van der Waals surface area contributed by atoms with Gasteiger partial charge in [-0.05, 0) is 67.7 Å². The third kappa shape index (κ3) is 5.30. The van der Waals surface area contributed by atoms with Gasteiger partial charge in [-0.2, -0.15) is 0 Å². The molecule has 3 rings (SSSR count). The molecule has 0 saturated carbocycles. The zero-order valence-electron chi connectivity index (χ0n) is 16.4. The molecular weight excluding hydrogens is 380 g/mol. The quantitative estimate of drug-likeness (QED) is 0.363. The molecule has 1 aromatic heterocycles. The molecule has 1 aliphatic rings. The molecule has 2 aromatic rings. The number of carboxylic acids is 1. The van der Waals surface area contributed by atoms with Gasteiger partial charge >= 0.3 is 5.97 Å². The van der Waals surface area contributed by atoms with Gasteiger partial charge in [0.2, 0.25) is 0 Å². The number of pyridine rings is 1. The van der Waals surface area contributed by atoms with Crippen LogP contribution >= 0.6 is 11.8 Å². The Morgan fingerprint density at radius 2 is 2.31 bits per heavy atom. The molecule has 1 unspecified atom stereocenters. The number of fused-ring (bicyclic) bond motifs is 1. The highest BCUT2D eigenvalue weighted by Gasteiger charge is 2.21. The van der Waals surface area contributed by atoms with Gasteiger partial charge < -0.3 is 10.4 Å². The number of hydrogen-bond acceptors (Lipinski definition) is 4. The summed E-state index contributed by atoms with van der Waals surface area (Å²) < 4.78 is 0. The predicted octanol–water partition coefficient (Wildman–Crippen LogP) is 5.50. The molecule has 0 spiro atoms. The van der Waals surface area contributed by atoms with Gasteiger partial charge in [0.05, 0.1) is 17.4 Å². The lowest BCUT2D eigenvalue weighted by Crippen LogP contribution is -2.19. The van der Waals surface area contributed by atoms with Crippen LogP contribution in [0.3, 0.4) is 0 Å². The molecule has 0 radical (unpaired) electrons. The Balaban J connectivity index is 1.74. The Labute approximate surface area is 176 Å². The highest BCUT2D eigenvalue weighted by Crippen LogP contribution is 2.36. The highest BCUT2D eigenvalue weighted by atomic mass is 32.2. The number of carbonyl (C=O) groups is 1. The summed E-state index contributed by atoms with van der Waals surface area (Å²) in [6.45, 7) is 2.70. The van der Waals surface area contributed by atoms with Gasteiger partial charge in [-0.15, -0.1) is 6.42 Å². The van der Waals surface area contributed by atoms with Crippen LogP contribution in [-0.4, -0.2) is 22.6 Å². The first-order valence-electron chi connectivity index (χ1n) is 9.63. The highest BCUT2D eigenvalue weighted by molar-refractivity contribution is 8.03. The summed E-state index contributed by atoms with van der Waals surface area (Å²) in [6, 6.07) is 8.16. The van der Waals surface area contributed by atoms with E-state index in [4.69, 9.17) is 6.42 Å². The number of benzene rings is 1. The minimum Gasteiger partial charge on any atom is -0.478 e. The van der Waals surface area contributed by atoms with Crippen molar-refractivity contribution in [2.45, 2.75) is 37.0 Å². The van der Waals surface area contributed by atoms with Crippen LogP contribution in [0.5, 0.6) is 0 Å². The molecule has 4 nitrogen and oxygen atoms in total. The second kappa shape index (κ2) is 9.99. The summed E-state index contributed by atoms with van der Waals surface area (Å²) in [6.07, 6.45) is 17.4. The van der Waals surface area contributed by atoms with Gasteiger partial charge in [0, 0.05) is 28.5 Å². The van der Waals surface area contributed by atoms with Crippen molar-refractivity contribution in [3.8, 4) is 12.3 Å². The Morgan fingerprint density at radius 1 is 1.45 bits per heavy atom. The molecular formula is C24H24N2O2S. The Hall–Kier alpha value is -2.97. The predicted molar refractivity (Wildman–Crippen MR) is 119 cm³/mol. The van der Waals surface area contributed by atoms with E-state index in [9.17, 15) is 9.90 Å². The van der Waals surface area contributed by atoms with Crippen molar-refractivity contribution in [2.75, 3.05) is 11.9 Å². The van der Waals surface area contributed by atoms with Gasteiger partial charge in [-0.3, -0.25) is 4.98 Å². The molecule has 0 saturated heterocycles. The lowest BCUT2D eigenvalue weighted by atomic mass is 9.83. The molecule has 0 fully saturated rings. The number of nitrogens with one attached hydrogen (secondary N) is 1. The van der Waals surface area contributed by atoms with Crippen LogP contribution < -0.4 is 5.32 Å². The molecule has 148 valence electrons. The molecule has 1 heterocycles. The van der Waals surface area contributed by atoms with E-state index in [-0.39, 0.29) is 5.56 Å². The molecule has 2 N–H and O–H groups in total. The van der Waals surface area contributed by atoms with Crippen molar-refractivity contribution in [1.29, 1.82) is 0 Å². The van der Waals surface area contributed by atoms with Gasteiger partial charge in [-0.25, -0.2) is 4.79 Å². The van der Waals surface area contributed by atoms with E-state index < -0.39 is 5.97 Å². The van der Waals surface area contributed by atoms with E-state index in [0.717, 1.165) is 24.2 Å². The number of allylic oxidation sites excluding steroid dienone is 3. The summed E-state index contributed by atoms with van der Waals surface area (Å²) in [4.78, 5) is 17.8. The smallest absolute Gasteiger partial charge is 0.337 e. The van der Waals surface area contributed by atoms with E-state index in [1.165, 1.54) is 28.3 Å². The number of aromatic carboxylic acids is 1. The third-order valence-electron chi connectivity index (χ3n) is 5.01. The second-order valence-electron chi connectivity index (χ2n) is 6.85. The number of terminal acetylenes is 1. The monoisotopic (exact) mass is 404 g/mol. The van der Waals surface area contributed by atoms with E-state index in [2.05, 4.69) is 40.5 Å². The first kappa shape index (κ1) is 20.8. The van der Waals surface area contributed by atoms with Crippen molar-refractivity contribution < 1.29 is 9.90 Å². The lowest BCUT2D eigenvalue weighted by molar-refractivity contribution is 0.0698. The number of aromatic nitrogens is 1. The average molecular weight is 405 g/mol. The van der Waals surface area contributed by atoms with Crippen LogP contribution in [0.25, 0.3) is 0 Å². The number of thioether (sulfide) groups is 1. The van der Waals surface area contributed by atoms with Crippen LogP contribution in [0, 0.1) is 12.3 Å². The van der Waals surface area contributed by atoms with Crippen LogP contribution in [0.4, 0.5) is 5.69 Å². The lowest BCUT2D eigenvalue weighted by Gasteiger charge is -2.27. The fourth-order valence-corrected chi connectivity index (χ4v) is 4.44. The van der Waals surface area contributed by atoms with E-state index in [0.29, 0.717) is 18.2 Å². The maximum absolute atomic E-state index is 11.4. The number of rotatable bonds is 7. The maximum Gasteiger partial charge on any atom is 0.337 e. The summed E-state index contributed by atoms with van der Waals surface area (Å²) in [5, 5.41) is 12.6. The zero-order valence-corrected chi connectivity index (χ0v) is 17.2. The minimum atomic E-state index is -0.945. The summed E-state index contributed by atoms with van der Waals surface area (Å²) in [5.41, 5.74) is 3.53. The van der Waals surface area contributed by atoms with Gasteiger partial charge in [0.1, 0.15) is 0 Å². The fraction of sp³-hybridized carbons (Fsp3) is 0.250. The zero-order chi connectivity index (χ0) is 20.6. The SMILES string of the molecule is C#C/C=C\C(=C/C)Sc1ccc2c(c1)CCCC2CNc1cnccc1C(=O)O. The van der Waals surface area contributed by atoms with Crippen LogP contribution in [-0.2, 0) is 6.42 Å². The first-order valence-corrected chi connectivity index (χ1v) is 10.4. The topological polar surface area (TPSA) is 62.2 Å². The van der Waals surface area contributed by atoms with E-state index in [1.807, 2.05) is 13.0 Å². The fourth-order valence-electron chi connectivity index (χ4n) is 3.58. The van der Waals surface area contributed by atoms with Crippen molar-refractivity contribution >= 4 is 23.4 Å².